The zero-order chi connectivity index (χ0) is 9.84. The van der Waals surface area contributed by atoms with Gasteiger partial charge in [-0.1, -0.05) is 30.6 Å². The molecule has 1 aromatic rings. The molecule has 1 aromatic heterocycles. The molecule has 4 nitrogen and oxygen atoms in total. The largest absolute Gasteiger partial charge is 0.410 e. The molecule has 0 unspecified atom stereocenters. The Morgan fingerprint density at radius 1 is 1.46 bits per heavy atom. The second kappa shape index (κ2) is 4.18. The molecule has 0 aliphatic carbocycles. The normalized spacial score (nSPS) is 12.2. The Morgan fingerprint density at radius 3 is 2.38 bits per heavy atom. The molecule has 0 saturated heterocycles. The summed E-state index contributed by atoms with van der Waals surface area (Å²) in [5.74, 6) is 1.02. The summed E-state index contributed by atoms with van der Waals surface area (Å²) in [7, 11) is 0. The average molecular weight is 200 g/mol. The molecule has 0 radical (unpaired) electrons. The quantitative estimate of drug-likeness (QED) is 0.450. The summed E-state index contributed by atoms with van der Waals surface area (Å²) in [5.41, 5.74) is 0.508. The SMILES string of the molecule is CC(C)c1ncc(C(Cl)=NO)cn1. The smallest absolute Gasteiger partial charge is 0.178 e. The van der Waals surface area contributed by atoms with Gasteiger partial charge in [-0.05, 0) is 0 Å². The van der Waals surface area contributed by atoms with E-state index in [0.717, 1.165) is 5.82 Å². The minimum absolute atomic E-state index is 0.00435. The van der Waals surface area contributed by atoms with Crippen LogP contribution >= 0.6 is 11.6 Å². The van der Waals surface area contributed by atoms with Crippen LogP contribution in [-0.2, 0) is 0 Å². The van der Waals surface area contributed by atoms with Crippen LogP contribution in [0, 0.1) is 0 Å². The van der Waals surface area contributed by atoms with Gasteiger partial charge in [0, 0.05) is 18.3 Å². The van der Waals surface area contributed by atoms with E-state index in [4.69, 9.17) is 16.8 Å². The predicted molar refractivity (Wildman–Crippen MR) is 50.3 cm³/mol. The van der Waals surface area contributed by atoms with Crippen molar-refractivity contribution in [3.05, 3.63) is 23.8 Å². The van der Waals surface area contributed by atoms with E-state index in [9.17, 15) is 0 Å². The van der Waals surface area contributed by atoms with Gasteiger partial charge in [-0.25, -0.2) is 9.97 Å². The van der Waals surface area contributed by atoms with Crippen molar-refractivity contribution in [3.8, 4) is 0 Å². The van der Waals surface area contributed by atoms with Crippen LogP contribution < -0.4 is 0 Å². The maximum atomic E-state index is 8.37. The Balaban J connectivity index is 2.94. The monoisotopic (exact) mass is 199 g/mol. The first-order valence-corrected chi connectivity index (χ1v) is 4.22. The zero-order valence-electron chi connectivity index (χ0n) is 7.40. The van der Waals surface area contributed by atoms with Crippen molar-refractivity contribution in [2.75, 3.05) is 0 Å². The van der Waals surface area contributed by atoms with E-state index in [2.05, 4.69) is 15.1 Å². The molecule has 0 aliphatic rings. The third-order valence-corrected chi connectivity index (χ3v) is 1.81. The second-order valence-electron chi connectivity index (χ2n) is 2.88. The molecule has 0 saturated carbocycles. The van der Waals surface area contributed by atoms with Gasteiger partial charge in [-0.2, -0.15) is 0 Å². The first-order valence-electron chi connectivity index (χ1n) is 3.85. The molecule has 1 N–H and O–H groups in total. The third kappa shape index (κ3) is 2.39. The van der Waals surface area contributed by atoms with Crippen LogP contribution in [0.1, 0.15) is 31.2 Å². The van der Waals surface area contributed by atoms with Crippen LogP contribution in [0.5, 0.6) is 0 Å². The fourth-order valence-electron chi connectivity index (χ4n) is 0.800. The molecule has 0 spiro atoms. The molecule has 1 heterocycles. The molecule has 0 amide bonds. The van der Waals surface area contributed by atoms with Gasteiger partial charge in [0.15, 0.2) is 5.17 Å². The Morgan fingerprint density at radius 2 is 2.00 bits per heavy atom. The lowest BCUT2D eigenvalue weighted by molar-refractivity contribution is 0.321. The standard InChI is InChI=1S/C8H10ClN3O/c1-5(2)8-10-3-6(4-11-8)7(9)12-13/h3-5,13H,1-2H3. The third-order valence-electron chi connectivity index (χ3n) is 1.51. The molecule has 0 aromatic carbocycles. The van der Waals surface area contributed by atoms with Crippen molar-refractivity contribution in [2.45, 2.75) is 19.8 Å². The number of nitrogens with zero attached hydrogens (tertiary/aromatic N) is 3. The highest BCUT2D eigenvalue weighted by molar-refractivity contribution is 6.69. The summed E-state index contributed by atoms with van der Waals surface area (Å²) < 4.78 is 0. The van der Waals surface area contributed by atoms with Crippen molar-refractivity contribution < 1.29 is 5.21 Å². The highest BCUT2D eigenvalue weighted by atomic mass is 35.5. The molecule has 0 atom stereocenters. The summed E-state index contributed by atoms with van der Waals surface area (Å²) in [6.45, 7) is 3.99. The Hall–Kier alpha value is -1.16. The van der Waals surface area contributed by atoms with Crippen LogP contribution in [-0.4, -0.2) is 20.3 Å². The lowest BCUT2D eigenvalue weighted by Gasteiger charge is -2.02. The minimum atomic E-state index is -0.00435. The number of hydrogen-bond donors (Lipinski definition) is 1. The van der Waals surface area contributed by atoms with Gasteiger partial charge in [0.25, 0.3) is 0 Å². The molecule has 70 valence electrons. The fraction of sp³-hybridized carbons (Fsp3) is 0.375. The summed E-state index contributed by atoms with van der Waals surface area (Å²) >= 11 is 5.54. The van der Waals surface area contributed by atoms with Gasteiger partial charge in [-0.15, -0.1) is 0 Å². The molecule has 0 fully saturated rings. The number of rotatable bonds is 2. The highest BCUT2D eigenvalue weighted by Crippen LogP contribution is 2.09. The van der Waals surface area contributed by atoms with Crippen LogP contribution in [0.2, 0.25) is 0 Å². The van der Waals surface area contributed by atoms with Crippen molar-refractivity contribution in [3.63, 3.8) is 0 Å². The molecule has 0 aliphatic heterocycles. The van der Waals surface area contributed by atoms with E-state index in [1.165, 1.54) is 12.4 Å². The topological polar surface area (TPSA) is 58.4 Å². The van der Waals surface area contributed by atoms with Gasteiger partial charge in [0.1, 0.15) is 5.82 Å². The second-order valence-corrected chi connectivity index (χ2v) is 3.23. The molecular weight excluding hydrogens is 190 g/mol. The van der Waals surface area contributed by atoms with E-state index in [1.807, 2.05) is 13.8 Å². The van der Waals surface area contributed by atoms with E-state index >= 15 is 0 Å². The van der Waals surface area contributed by atoms with Crippen LogP contribution in [0.15, 0.2) is 17.5 Å². The maximum Gasteiger partial charge on any atom is 0.178 e. The Labute approximate surface area is 81.3 Å². The number of hydrogen-bond acceptors (Lipinski definition) is 4. The van der Waals surface area contributed by atoms with Crippen molar-refractivity contribution in [2.24, 2.45) is 5.16 Å². The molecule has 1 rings (SSSR count). The first kappa shape index (κ1) is 9.92. The summed E-state index contributed by atoms with van der Waals surface area (Å²) in [6, 6.07) is 0. The summed E-state index contributed by atoms with van der Waals surface area (Å²) in [6.07, 6.45) is 3.06. The van der Waals surface area contributed by atoms with E-state index in [1.54, 1.807) is 0 Å². The fourth-order valence-corrected chi connectivity index (χ4v) is 0.898. The van der Waals surface area contributed by atoms with Crippen LogP contribution in [0.25, 0.3) is 0 Å². The molecular formula is C8H10ClN3O. The summed E-state index contributed by atoms with van der Waals surface area (Å²) in [4.78, 5) is 8.12. The van der Waals surface area contributed by atoms with Crippen molar-refractivity contribution >= 4 is 16.8 Å². The van der Waals surface area contributed by atoms with Crippen molar-refractivity contribution in [1.29, 1.82) is 0 Å². The Kier molecular flexibility index (Phi) is 3.19. The van der Waals surface area contributed by atoms with E-state index in [0.29, 0.717) is 5.56 Å². The van der Waals surface area contributed by atoms with Gasteiger partial charge >= 0.3 is 0 Å². The zero-order valence-corrected chi connectivity index (χ0v) is 8.15. The van der Waals surface area contributed by atoms with E-state index < -0.39 is 0 Å². The maximum absolute atomic E-state index is 8.37. The predicted octanol–water partition coefficient (Wildman–Crippen LogP) is 1.97. The highest BCUT2D eigenvalue weighted by Gasteiger charge is 2.04. The molecule has 13 heavy (non-hydrogen) atoms. The summed E-state index contributed by atoms with van der Waals surface area (Å²) in [5, 5.41) is 11.2. The lowest BCUT2D eigenvalue weighted by atomic mass is 10.2. The van der Waals surface area contributed by atoms with E-state index in [-0.39, 0.29) is 11.1 Å². The molecule has 0 bridgehead atoms. The number of aromatic nitrogens is 2. The first-order chi connectivity index (χ1) is 6.15. The number of halogens is 1. The van der Waals surface area contributed by atoms with Gasteiger partial charge < -0.3 is 5.21 Å². The van der Waals surface area contributed by atoms with Crippen LogP contribution in [0.4, 0.5) is 0 Å². The average Bonchev–Trinajstić information content (AvgIpc) is 2.17. The van der Waals surface area contributed by atoms with Gasteiger partial charge in [0.05, 0.1) is 5.56 Å². The van der Waals surface area contributed by atoms with Gasteiger partial charge in [-0.3, -0.25) is 0 Å². The minimum Gasteiger partial charge on any atom is -0.410 e. The lowest BCUT2D eigenvalue weighted by Crippen LogP contribution is -2.00. The molecule has 5 heteroatoms. The van der Waals surface area contributed by atoms with Gasteiger partial charge in [0.2, 0.25) is 0 Å². The van der Waals surface area contributed by atoms with Crippen molar-refractivity contribution in [1.82, 2.24) is 9.97 Å². The number of oxime groups is 1. The Bertz CT molecular complexity index is 308. The van der Waals surface area contributed by atoms with Crippen LogP contribution in [0.3, 0.4) is 0 Å².